The van der Waals surface area contributed by atoms with Gasteiger partial charge in [0, 0.05) is 5.92 Å². The van der Waals surface area contributed by atoms with Gasteiger partial charge in [0.15, 0.2) is 0 Å². The number of allylic oxidation sites excluding steroid dienone is 1. The van der Waals surface area contributed by atoms with Crippen LogP contribution in [0.25, 0.3) is 0 Å². The summed E-state index contributed by atoms with van der Waals surface area (Å²) in [6.45, 7) is 6.41. The predicted octanol–water partition coefficient (Wildman–Crippen LogP) is 1.80. The highest BCUT2D eigenvalue weighted by Crippen LogP contribution is 2.43. The number of ketones is 1. The molecule has 4 atom stereocenters. The van der Waals surface area contributed by atoms with Crippen LogP contribution in [-0.2, 0) is 9.53 Å². The number of ether oxygens (including phenoxy) is 1. The van der Waals surface area contributed by atoms with Gasteiger partial charge >= 0.3 is 0 Å². The van der Waals surface area contributed by atoms with E-state index in [1.165, 1.54) is 0 Å². The monoisotopic (exact) mass is 180 g/mol. The number of carbonyl (C=O) groups is 1. The lowest BCUT2D eigenvalue weighted by atomic mass is 9.93. The lowest BCUT2D eigenvalue weighted by Crippen LogP contribution is -2.12. The van der Waals surface area contributed by atoms with Crippen molar-refractivity contribution >= 4 is 5.78 Å². The highest BCUT2D eigenvalue weighted by Gasteiger charge is 2.44. The number of epoxide rings is 1. The van der Waals surface area contributed by atoms with E-state index in [0.717, 1.165) is 19.4 Å². The van der Waals surface area contributed by atoms with Crippen LogP contribution in [0.3, 0.4) is 0 Å². The van der Waals surface area contributed by atoms with Crippen LogP contribution >= 0.6 is 0 Å². The molecule has 0 bridgehead atoms. The third kappa shape index (κ3) is 1.68. The highest BCUT2D eigenvalue weighted by atomic mass is 16.6. The van der Waals surface area contributed by atoms with Crippen molar-refractivity contribution in [3.63, 3.8) is 0 Å². The number of hydrogen-bond donors (Lipinski definition) is 0. The van der Waals surface area contributed by atoms with Crippen LogP contribution in [0, 0.1) is 17.8 Å². The zero-order valence-electron chi connectivity index (χ0n) is 8.03. The average Bonchev–Trinajstić information content (AvgIpc) is 2.84. The Morgan fingerprint density at radius 2 is 2.23 bits per heavy atom. The Kier molecular flexibility index (Phi) is 2.24. The highest BCUT2D eigenvalue weighted by molar-refractivity contribution is 5.78. The Hall–Kier alpha value is -0.630. The Balaban J connectivity index is 2.02. The predicted molar refractivity (Wildman–Crippen MR) is 50.3 cm³/mol. The van der Waals surface area contributed by atoms with Gasteiger partial charge in [0.05, 0.1) is 12.7 Å². The number of carbonyl (C=O) groups excluding carboxylic acids is 1. The fourth-order valence-electron chi connectivity index (χ4n) is 2.44. The van der Waals surface area contributed by atoms with Crippen molar-refractivity contribution in [2.75, 3.05) is 6.61 Å². The molecule has 0 radical (unpaired) electrons. The SMILES string of the molecule is C=C[C@@H]1C[C@H](C(C)=O)C[C@H]1C1CO1. The van der Waals surface area contributed by atoms with Gasteiger partial charge in [-0.25, -0.2) is 0 Å². The largest absolute Gasteiger partial charge is 0.373 e. The molecule has 0 aromatic carbocycles. The molecule has 1 saturated carbocycles. The zero-order valence-corrected chi connectivity index (χ0v) is 8.03. The Morgan fingerprint density at radius 3 is 2.69 bits per heavy atom. The summed E-state index contributed by atoms with van der Waals surface area (Å²) in [5.74, 6) is 1.65. The summed E-state index contributed by atoms with van der Waals surface area (Å²) in [5.41, 5.74) is 0. The second-order valence-corrected chi connectivity index (χ2v) is 4.21. The second kappa shape index (κ2) is 3.26. The summed E-state index contributed by atoms with van der Waals surface area (Å²) in [6.07, 6.45) is 4.42. The summed E-state index contributed by atoms with van der Waals surface area (Å²) in [4.78, 5) is 11.2. The maximum atomic E-state index is 11.2. The maximum Gasteiger partial charge on any atom is 0.132 e. The van der Waals surface area contributed by atoms with Crippen LogP contribution in [0.15, 0.2) is 12.7 Å². The van der Waals surface area contributed by atoms with E-state index in [4.69, 9.17) is 4.74 Å². The van der Waals surface area contributed by atoms with Crippen molar-refractivity contribution < 1.29 is 9.53 Å². The summed E-state index contributed by atoms with van der Waals surface area (Å²) in [6, 6.07) is 0. The number of rotatable bonds is 3. The van der Waals surface area contributed by atoms with Crippen molar-refractivity contribution in [3.8, 4) is 0 Å². The summed E-state index contributed by atoms with van der Waals surface area (Å²) >= 11 is 0. The van der Waals surface area contributed by atoms with Crippen molar-refractivity contribution in [2.24, 2.45) is 17.8 Å². The van der Waals surface area contributed by atoms with Gasteiger partial charge in [-0.2, -0.15) is 0 Å². The summed E-state index contributed by atoms with van der Waals surface area (Å²) in [7, 11) is 0. The molecule has 0 spiro atoms. The van der Waals surface area contributed by atoms with Crippen LogP contribution in [0.5, 0.6) is 0 Å². The molecule has 1 saturated heterocycles. The van der Waals surface area contributed by atoms with Crippen molar-refractivity contribution in [1.82, 2.24) is 0 Å². The van der Waals surface area contributed by atoms with Crippen LogP contribution in [0.1, 0.15) is 19.8 Å². The molecule has 0 N–H and O–H groups in total. The number of Topliss-reactive ketones (excluding diaryl/α,β-unsaturated/α-hetero) is 1. The smallest absolute Gasteiger partial charge is 0.132 e. The second-order valence-electron chi connectivity index (χ2n) is 4.21. The first-order valence-electron chi connectivity index (χ1n) is 4.97. The van der Waals surface area contributed by atoms with Gasteiger partial charge in [0.2, 0.25) is 0 Å². The molecule has 13 heavy (non-hydrogen) atoms. The van der Waals surface area contributed by atoms with Crippen LogP contribution in [-0.4, -0.2) is 18.5 Å². The van der Waals surface area contributed by atoms with Gasteiger partial charge < -0.3 is 4.74 Å². The molecule has 2 aliphatic rings. The van der Waals surface area contributed by atoms with Gasteiger partial charge in [-0.3, -0.25) is 4.79 Å². The summed E-state index contributed by atoms with van der Waals surface area (Å²) in [5, 5.41) is 0. The van der Waals surface area contributed by atoms with Gasteiger partial charge in [0.1, 0.15) is 5.78 Å². The standard InChI is InChI=1S/C11H16O2/c1-3-8-4-9(7(2)12)5-10(8)11-6-13-11/h3,8-11H,1,4-6H2,2H3/t8-,9+,10-,11?/m1/s1. The van der Waals surface area contributed by atoms with E-state index < -0.39 is 0 Å². The minimum Gasteiger partial charge on any atom is -0.373 e. The molecule has 0 aromatic rings. The maximum absolute atomic E-state index is 11.2. The average molecular weight is 180 g/mol. The van der Waals surface area contributed by atoms with E-state index in [1.54, 1.807) is 6.92 Å². The topological polar surface area (TPSA) is 29.6 Å². The number of hydrogen-bond acceptors (Lipinski definition) is 2. The van der Waals surface area contributed by atoms with E-state index in [0.29, 0.717) is 23.7 Å². The molecular weight excluding hydrogens is 164 g/mol. The van der Waals surface area contributed by atoms with E-state index in [-0.39, 0.29) is 5.92 Å². The van der Waals surface area contributed by atoms with E-state index in [1.807, 2.05) is 6.08 Å². The molecule has 2 fully saturated rings. The van der Waals surface area contributed by atoms with E-state index in [2.05, 4.69) is 6.58 Å². The minimum atomic E-state index is 0.261. The third-order valence-corrected chi connectivity index (χ3v) is 3.38. The first-order valence-corrected chi connectivity index (χ1v) is 4.97. The molecule has 1 unspecified atom stereocenters. The minimum absolute atomic E-state index is 0.261. The van der Waals surface area contributed by atoms with Crippen molar-refractivity contribution in [3.05, 3.63) is 12.7 Å². The molecule has 1 aliphatic heterocycles. The van der Waals surface area contributed by atoms with E-state index >= 15 is 0 Å². The van der Waals surface area contributed by atoms with Crippen LogP contribution in [0.4, 0.5) is 0 Å². The molecule has 2 heteroatoms. The third-order valence-electron chi connectivity index (χ3n) is 3.38. The zero-order chi connectivity index (χ0) is 9.42. The molecule has 1 aliphatic carbocycles. The van der Waals surface area contributed by atoms with Crippen LogP contribution in [0.2, 0.25) is 0 Å². The Morgan fingerprint density at radius 1 is 1.54 bits per heavy atom. The van der Waals surface area contributed by atoms with Crippen LogP contribution < -0.4 is 0 Å². The first-order chi connectivity index (χ1) is 6.22. The molecule has 1 heterocycles. The van der Waals surface area contributed by atoms with Gasteiger partial charge in [-0.1, -0.05) is 6.08 Å². The van der Waals surface area contributed by atoms with Gasteiger partial charge in [-0.15, -0.1) is 6.58 Å². The lowest BCUT2D eigenvalue weighted by molar-refractivity contribution is -0.120. The normalized spacial score (nSPS) is 43.2. The van der Waals surface area contributed by atoms with Gasteiger partial charge in [0.25, 0.3) is 0 Å². The fraction of sp³-hybridized carbons (Fsp3) is 0.727. The van der Waals surface area contributed by atoms with Crippen molar-refractivity contribution in [2.45, 2.75) is 25.9 Å². The van der Waals surface area contributed by atoms with Gasteiger partial charge in [-0.05, 0) is 31.6 Å². The Bertz CT molecular complexity index is 230. The summed E-state index contributed by atoms with van der Waals surface area (Å²) < 4.78 is 5.29. The van der Waals surface area contributed by atoms with E-state index in [9.17, 15) is 4.79 Å². The quantitative estimate of drug-likeness (QED) is 0.489. The molecule has 2 nitrogen and oxygen atoms in total. The first kappa shape index (κ1) is 8.95. The molecule has 0 aromatic heterocycles. The fourth-order valence-corrected chi connectivity index (χ4v) is 2.44. The molecule has 72 valence electrons. The Labute approximate surface area is 79.0 Å². The lowest BCUT2D eigenvalue weighted by Gasteiger charge is -2.11. The molecule has 2 rings (SSSR count). The van der Waals surface area contributed by atoms with Crippen molar-refractivity contribution in [1.29, 1.82) is 0 Å². The molecular formula is C11H16O2. The molecule has 0 amide bonds.